The summed E-state index contributed by atoms with van der Waals surface area (Å²) in [6.07, 6.45) is 6.33. The van der Waals surface area contributed by atoms with Crippen LogP contribution in [0.5, 0.6) is 0 Å². The number of halogens is 1. The summed E-state index contributed by atoms with van der Waals surface area (Å²) in [5, 5.41) is 3.48. The van der Waals surface area contributed by atoms with Gasteiger partial charge in [0.25, 0.3) is 0 Å². The van der Waals surface area contributed by atoms with Crippen LogP contribution in [0.2, 0.25) is 0 Å². The van der Waals surface area contributed by atoms with Gasteiger partial charge in [-0.2, -0.15) is 0 Å². The molecule has 4 rings (SSSR count). The van der Waals surface area contributed by atoms with Gasteiger partial charge in [-0.1, -0.05) is 22.0 Å². The summed E-state index contributed by atoms with van der Waals surface area (Å²) in [7, 11) is 0. The van der Waals surface area contributed by atoms with E-state index in [1.54, 1.807) is 11.8 Å². The van der Waals surface area contributed by atoms with Crippen LogP contribution in [0.15, 0.2) is 33.8 Å². The highest BCUT2D eigenvalue weighted by Gasteiger charge is 2.32. The van der Waals surface area contributed by atoms with Crippen LogP contribution < -0.4 is 5.32 Å². The molecule has 0 saturated carbocycles. The Bertz CT molecular complexity index is 787. The summed E-state index contributed by atoms with van der Waals surface area (Å²) in [6, 6.07) is 7.24. The van der Waals surface area contributed by atoms with Crippen molar-refractivity contribution in [1.29, 1.82) is 0 Å². The van der Waals surface area contributed by atoms with Crippen molar-refractivity contribution in [3.8, 4) is 0 Å². The smallest absolute Gasteiger partial charge is 0.0793 e. The number of piperazine rings is 1. The topological polar surface area (TPSA) is 28.2 Å². The normalized spacial score (nSPS) is 20.7. The number of pyridine rings is 1. The maximum Gasteiger partial charge on any atom is 0.0793 e. The highest BCUT2D eigenvalue weighted by molar-refractivity contribution is 9.10. The second-order valence-corrected chi connectivity index (χ2v) is 8.66. The third-order valence-corrected chi connectivity index (χ3v) is 6.64. The fourth-order valence-electron chi connectivity index (χ4n) is 4.10. The van der Waals surface area contributed by atoms with Gasteiger partial charge in [0, 0.05) is 41.7 Å². The number of nitrogens with one attached hydrogen (secondary N) is 1. The van der Waals surface area contributed by atoms with E-state index in [-0.39, 0.29) is 6.04 Å². The fourth-order valence-corrected chi connectivity index (χ4v) is 5.35. The van der Waals surface area contributed by atoms with Gasteiger partial charge in [-0.05, 0) is 60.4 Å². The van der Waals surface area contributed by atoms with Crippen LogP contribution in [0.3, 0.4) is 0 Å². The molecule has 1 aromatic carbocycles. The highest BCUT2D eigenvalue weighted by Crippen LogP contribution is 2.40. The third kappa shape index (κ3) is 3.39. The van der Waals surface area contributed by atoms with Crippen molar-refractivity contribution < 1.29 is 0 Å². The SMILES string of the molecule is CSc1cnc2c(c1)CCc1cc(C)cc(Br)c1C2N1CCNCC1. The number of nitrogens with zero attached hydrogens (tertiary/aromatic N) is 2. The molecule has 0 spiro atoms. The van der Waals surface area contributed by atoms with Crippen LogP contribution in [0.25, 0.3) is 0 Å². The van der Waals surface area contributed by atoms with Gasteiger partial charge in [-0.25, -0.2) is 0 Å². The van der Waals surface area contributed by atoms with Gasteiger partial charge in [-0.15, -0.1) is 11.8 Å². The van der Waals surface area contributed by atoms with Gasteiger partial charge in [0.1, 0.15) is 0 Å². The standard InChI is InChI=1S/C20H24BrN3S/c1-13-9-14-3-4-15-11-16(25-2)12-23-19(15)20(18(14)17(21)10-13)24-7-5-22-6-8-24/h9-12,20,22H,3-8H2,1-2H3. The lowest BCUT2D eigenvalue weighted by Gasteiger charge is -2.36. The Morgan fingerprint density at radius 2 is 1.92 bits per heavy atom. The summed E-state index contributed by atoms with van der Waals surface area (Å²) in [5.74, 6) is 0. The Morgan fingerprint density at radius 3 is 2.68 bits per heavy atom. The number of thioether (sulfide) groups is 1. The Hall–Kier alpha value is -0.880. The zero-order valence-corrected chi connectivity index (χ0v) is 17.2. The van der Waals surface area contributed by atoms with Crippen LogP contribution >= 0.6 is 27.7 Å². The summed E-state index contributed by atoms with van der Waals surface area (Å²) in [6.45, 7) is 6.42. The average Bonchev–Trinajstić information content (AvgIpc) is 2.79. The lowest BCUT2D eigenvalue weighted by molar-refractivity contribution is 0.194. The summed E-state index contributed by atoms with van der Waals surface area (Å²) < 4.78 is 1.23. The van der Waals surface area contributed by atoms with Crippen molar-refractivity contribution in [2.24, 2.45) is 0 Å². The molecule has 132 valence electrons. The minimum atomic E-state index is 0.250. The predicted molar refractivity (Wildman–Crippen MR) is 109 cm³/mol. The quantitative estimate of drug-likeness (QED) is 0.748. The van der Waals surface area contributed by atoms with Crippen molar-refractivity contribution >= 4 is 27.7 Å². The molecule has 1 aliphatic carbocycles. The molecule has 1 N–H and O–H groups in total. The van der Waals surface area contributed by atoms with Crippen LogP contribution in [0.4, 0.5) is 0 Å². The molecular formula is C20H24BrN3S. The van der Waals surface area contributed by atoms with E-state index in [0.717, 1.165) is 39.0 Å². The van der Waals surface area contributed by atoms with Gasteiger partial charge < -0.3 is 5.32 Å². The third-order valence-electron chi connectivity index (χ3n) is 5.28. The molecule has 1 unspecified atom stereocenters. The van der Waals surface area contributed by atoms with E-state index in [9.17, 15) is 0 Å². The largest absolute Gasteiger partial charge is 0.314 e. The molecule has 0 amide bonds. The van der Waals surface area contributed by atoms with Gasteiger partial charge in [0.2, 0.25) is 0 Å². The Morgan fingerprint density at radius 1 is 1.16 bits per heavy atom. The number of aromatic nitrogens is 1. The summed E-state index contributed by atoms with van der Waals surface area (Å²) in [5.41, 5.74) is 6.89. The molecule has 1 atom stereocenters. The maximum atomic E-state index is 4.97. The van der Waals surface area contributed by atoms with Crippen molar-refractivity contribution in [2.75, 3.05) is 32.4 Å². The number of hydrogen-bond donors (Lipinski definition) is 1. The first-order valence-corrected chi connectivity index (χ1v) is 11.0. The number of aryl methyl sites for hydroxylation is 3. The second-order valence-electron chi connectivity index (χ2n) is 6.93. The highest BCUT2D eigenvalue weighted by atomic mass is 79.9. The first-order chi connectivity index (χ1) is 12.2. The van der Waals surface area contributed by atoms with E-state index >= 15 is 0 Å². The fraction of sp³-hybridized carbons (Fsp3) is 0.450. The van der Waals surface area contributed by atoms with Crippen molar-refractivity contribution in [3.05, 3.63) is 56.8 Å². The number of hydrogen-bond acceptors (Lipinski definition) is 4. The minimum absolute atomic E-state index is 0.250. The van der Waals surface area contributed by atoms with E-state index in [2.05, 4.69) is 57.5 Å². The molecule has 0 bridgehead atoms. The van der Waals surface area contributed by atoms with Crippen molar-refractivity contribution in [3.63, 3.8) is 0 Å². The molecule has 25 heavy (non-hydrogen) atoms. The Kier molecular flexibility index (Phi) is 5.18. The molecule has 1 saturated heterocycles. The van der Waals surface area contributed by atoms with Crippen LogP contribution in [-0.4, -0.2) is 42.3 Å². The molecule has 1 aliphatic heterocycles. The van der Waals surface area contributed by atoms with Gasteiger partial charge in [0.15, 0.2) is 0 Å². The van der Waals surface area contributed by atoms with Gasteiger partial charge in [0.05, 0.1) is 11.7 Å². The minimum Gasteiger partial charge on any atom is -0.314 e. The van der Waals surface area contributed by atoms with Crippen LogP contribution in [0.1, 0.15) is 34.0 Å². The van der Waals surface area contributed by atoms with Crippen molar-refractivity contribution in [1.82, 2.24) is 15.2 Å². The molecule has 5 heteroatoms. The molecule has 0 radical (unpaired) electrons. The summed E-state index contributed by atoms with van der Waals surface area (Å²) in [4.78, 5) is 8.83. The zero-order chi connectivity index (χ0) is 17.4. The first-order valence-electron chi connectivity index (χ1n) is 8.94. The van der Waals surface area contributed by atoms with Crippen molar-refractivity contribution in [2.45, 2.75) is 30.7 Å². The number of fused-ring (bicyclic) bond motifs is 2. The molecule has 2 heterocycles. The van der Waals surface area contributed by atoms with E-state index < -0.39 is 0 Å². The van der Waals surface area contributed by atoms with Gasteiger partial charge in [-0.3, -0.25) is 9.88 Å². The van der Waals surface area contributed by atoms with E-state index in [4.69, 9.17) is 4.98 Å². The number of benzene rings is 1. The van der Waals surface area contributed by atoms with E-state index in [1.807, 2.05) is 6.20 Å². The Labute approximate surface area is 162 Å². The molecule has 1 aromatic heterocycles. The lowest BCUT2D eigenvalue weighted by Crippen LogP contribution is -2.45. The molecule has 2 aromatic rings. The van der Waals surface area contributed by atoms with E-state index in [0.29, 0.717) is 0 Å². The number of rotatable bonds is 2. The second kappa shape index (κ2) is 7.39. The van der Waals surface area contributed by atoms with Crippen LogP contribution in [-0.2, 0) is 12.8 Å². The predicted octanol–water partition coefficient (Wildman–Crippen LogP) is 3.97. The molecule has 1 fully saturated rings. The van der Waals surface area contributed by atoms with Crippen LogP contribution in [0, 0.1) is 6.92 Å². The zero-order valence-electron chi connectivity index (χ0n) is 14.8. The Balaban J connectivity index is 1.89. The van der Waals surface area contributed by atoms with Gasteiger partial charge >= 0.3 is 0 Å². The van der Waals surface area contributed by atoms with E-state index in [1.165, 1.54) is 37.3 Å². The molecular weight excluding hydrogens is 394 g/mol. The molecule has 2 aliphatic rings. The lowest BCUT2D eigenvalue weighted by atomic mass is 9.94. The molecule has 3 nitrogen and oxygen atoms in total. The average molecular weight is 418 g/mol. The maximum absolute atomic E-state index is 4.97. The monoisotopic (exact) mass is 417 g/mol. The summed E-state index contributed by atoms with van der Waals surface area (Å²) >= 11 is 5.66. The first kappa shape index (κ1) is 17.5.